The zero-order valence-corrected chi connectivity index (χ0v) is 17.1. The number of hydrogen-bond donors (Lipinski definition) is 2. The minimum atomic E-state index is -0.740. The van der Waals surface area contributed by atoms with E-state index in [-0.39, 0.29) is 24.3 Å². The van der Waals surface area contributed by atoms with Gasteiger partial charge in [-0.1, -0.05) is 13.8 Å². The second-order valence-corrected chi connectivity index (χ2v) is 8.00. The van der Waals surface area contributed by atoms with Crippen LogP contribution >= 0.6 is 0 Å². The lowest BCUT2D eigenvalue weighted by molar-refractivity contribution is -0.125. The van der Waals surface area contributed by atoms with Gasteiger partial charge < -0.3 is 25.0 Å². The molecule has 154 valence electrons. The predicted octanol–water partition coefficient (Wildman–Crippen LogP) is 2.54. The number of carbonyl (C=O) groups excluding carboxylic acids is 3. The zero-order valence-electron chi connectivity index (χ0n) is 17.1. The Hall–Kier alpha value is -2.61. The number of amides is 3. The highest BCUT2D eigenvalue weighted by molar-refractivity contribution is 5.98. The Bertz CT molecular complexity index is 710. The number of nitrogens with zero attached hydrogens (tertiary/aromatic N) is 1. The van der Waals surface area contributed by atoms with Crippen LogP contribution in [0.15, 0.2) is 24.3 Å². The van der Waals surface area contributed by atoms with Crippen molar-refractivity contribution in [3.8, 4) is 0 Å². The summed E-state index contributed by atoms with van der Waals surface area (Å²) in [5, 5.41) is 5.42. The molecule has 3 amide bonds. The molecule has 1 unspecified atom stereocenters. The Morgan fingerprint density at radius 2 is 1.82 bits per heavy atom. The first-order chi connectivity index (χ1) is 13.1. The van der Waals surface area contributed by atoms with Gasteiger partial charge in [-0.15, -0.1) is 0 Å². The molecule has 0 spiro atoms. The van der Waals surface area contributed by atoms with E-state index in [0.717, 1.165) is 5.69 Å². The van der Waals surface area contributed by atoms with E-state index in [4.69, 9.17) is 9.47 Å². The minimum absolute atomic E-state index is 0.0743. The standard InChI is InChI=1S/C20H29N3O5/c1-13(2)17(22-19(26)28-20(3,4)5)18(25)21-14-6-8-15(9-7-14)23-10-11-27-12-16(23)24/h6-9,13,17H,10-12H2,1-5H3,(H,21,25)(H,22,26). The number of morpholine rings is 1. The molecule has 0 radical (unpaired) electrons. The molecule has 1 aliphatic rings. The minimum Gasteiger partial charge on any atom is -0.444 e. The van der Waals surface area contributed by atoms with E-state index in [2.05, 4.69) is 10.6 Å². The maximum Gasteiger partial charge on any atom is 0.408 e. The van der Waals surface area contributed by atoms with E-state index in [1.807, 2.05) is 13.8 Å². The van der Waals surface area contributed by atoms with Gasteiger partial charge in [0.2, 0.25) is 5.91 Å². The fraction of sp³-hybridized carbons (Fsp3) is 0.550. The molecule has 0 aromatic heterocycles. The van der Waals surface area contributed by atoms with Crippen molar-refractivity contribution in [3.05, 3.63) is 24.3 Å². The molecule has 0 saturated carbocycles. The second kappa shape index (κ2) is 9.05. The van der Waals surface area contributed by atoms with Crippen LogP contribution in [0.25, 0.3) is 0 Å². The van der Waals surface area contributed by atoms with Crippen molar-refractivity contribution < 1.29 is 23.9 Å². The number of benzene rings is 1. The zero-order chi connectivity index (χ0) is 20.9. The Kier molecular flexibility index (Phi) is 7.01. The largest absolute Gasteiger partial charge is 0.444 e. The lowest BCUT2D eigenvalue weighted by atomic mass is 10.0. The second-order valence-electron chi connectivity index (χ2n) is 8.00. The fourth-order valence-corrected chi connectivity index (χ4v) is 2.71. The number of rotatable bonds is 5. The van der Waals surface area contributed by atoms with Crippen LogP contribution < -0.4 is 15.5 Å². The molecule has 1 saturated heterocycles. The van der Waals surface area contributed by atoms with Crippen molar-refractivity contribution in [1.82, 2.24) is 5.32 Å². The Morgan fingerprint density at radius 1 is 1.18 bits per heavy atom. The molecule has 8 heteroatoms. The number of ether oxygens (including phenoxy) is 2. The van der Waals surface area contributed by atoms with E-state index in [1.54, 1.807) is 49.9 Å². The topological polar surface area (TPSA) is 97.0 Å². The maximum atomic E-state index is 12.6. The van der Waals surface area contributed by atoms with Crippen LogP contribution in [0.1, 0.15) is 34.6 Å². The molecule has 8 nitrogen and oxygen atoms in total. The third kappa shape index (κ3) is 6.23. The van der Waals surface area contributed by atoms with E-state index in [1.165, 1.54) is 0 Å². The van der Waals surface area contributed by atoms with E-state index < -0.39 is 17.7 Å². The van der Waals surface area contributed by atoms with Gasteiger partial charge in [-0.3, -0.25) is 9.59 Å². The summed E-state index contributed by atoms with van der Waals surface area (Å²) in [6.07, 6.45) is -0.637. The van der Waals surface area contributed by atoms with E-state index >= 15 is 0 Å². The van der Waals surface area contributed by atoms with E-state index in [0.29, 0.717) is 18.8 Å². The van der Waals surface area contributed by atoms with Crippen LogP contribution in [0.2, 0.25) is 0 Å². The van der Waals surface area contributed by atoms with Gasteiger partial charge in [0.15, 0.2) is 0 Å². The Balaban J connectivity index is 2.00. The molecule has 2 N–H and O–H groups in total. The summed E-state index contributed by atoms with van der Waals surface area (Å²) in [6, 6.07) is 6.24. The molecular weight excluding hydrogens is 362 g/mol. The average Bonchev–Trinajstić information content (AvgIpc) is 2.59. The third-order valence-corrected chi connectivity index (χ3v) is 4.05. The summed E-state index contributed by atoms with van der Waals surface area (Å²) in [6.45, 7) is 10.0. The lowest BCUT2D eigenvalue weighted by Crippen LogP contribution is -2.48. The van der Waals surface area contributed by atoms with Gasteiger partial charge in [0.05, 0.1) is 6.61 Å². The molecule has 0 bridgehead atoms. The summed E-state index contributed by atoms with van der Waals surface area (Å²) >= 11 is 0. The first-order valence-corrected chi connectivity index (χ1v) is 9.35. The van der Waals surface area contributed by atoms with Crippen LogP contribution in [-0.4, -0.2) is 49.3 Å². The van der Waals surface area contributed by atoms with Crippen LogP contribution in [0, 0.1) is 5.92 Å². The Labute approximate surface area is 165 Å². The molecular formula is C20H29N3O5. The number of anilines is 2. The summed E-state index contributed by atoms with van der Waals surface area (Å²) in [5.74, 6) is -0.557. The van der Waals surface area contributed by atoms with Crippen molar-refractivity contribution >= 4 is 29.3 Å². The quantitative estimate of drug-likeness (QED) is 0.804. The van der Waals surface area contributed by atoms with Gasteiger partial charge in [-0.05, 0) is 51.0 Å². The molecule has 1 heterocycles. The number of hydrogen-bond acceptors (Lipinski definition) is 5. The number of nitrogens with one attached hydrogen (secondary N) is 2. The van der Waals surface area contributed by atoms with Crippen LogP contribution in [0.4, 0.5) is 16.2 Å². The molecule has 1 aromatic carbocycles. The van der Waals surface area contributed by atoms with Crippen molar-refractivity contribution in [2.45, 2.75) is 46.3 Å². The molecule has 1 fully saturated rings. The maximum absolute atomic E-state index is 12.6. The van der Waals surface area contributed by atoms with E-state index in [9.17, 15) is 14.4 Å². The third-order valence-electron chi connectivity index (χ3n) is 4.05. The normalized spacial score (nSPS) is 15.9. The van der Waals surface area contributed by atoms with Gasteiger partial charge in [0.25, 0.3) is 5.91 Å². The molecule has 0 aliphatic carbocycles. The fourth-order valence-electron chi connectivity index (χ4n) is 2.71. The summed E-state index contributed by atoms with van der Waals surface area (Å²) < 4.78 is 10.4. The Morgan fingerprint density at radius 3 is 2.36 bits per heavy atom. The molecule has 1 aromatic rings. The van der Waals surface area contributed by atoms with Gasteiger partial charge >= 0.3 is 6.09 Å². The highest BCUT2D eigenvalue weighted by Crippen LogP contribution is 2.20. The number of alkyl carbamates (subject to hydrolysis) is 1. The summed E-state index contributed by atoms with van der Waals surface area (Å²) in [7, 11) is 0. The van der Waals surface area contributed by atoms with Gasteiger partial charge in [-0.2, -0.15) is 0 Å². The lowest BCUT2D eigenvalue weighted by Gasteiger charge is -2.27. The van der Waals surface area contributed by atoms with Gasteiger partial charge in [0.1, 0.15) is 18.2 Å². The highest BCUT2D eigenvalue weighted by Gasteiger charge is 2.27. The monoisotopic (exact) mass is 391 g/mol. The summed E-state index contributed by atoms with van der Waals surface area (Å²) in [4.78, 5) is 38.2. The van der Waals surface area contributed by atoms with Crippen molar-refractivity contribution in [3.63, 3.8) is 0 Å². The van der Waals surface area contributed by atoms with Crippen molar-refractivity contribution in [2.75, 3.05) is 30.0 Å². The smallest absolute Gasteiger partial charge is 0.408 e. The first kappa shape index (κ1) is 21.7. The molecule has 1 aliphatic heterocycles. The van der Waals surface area contributed by atoms with Crippen LogP contribution in [0.5, 0.6) is 0 Å². The van der Waals surface area contributed by atoms with Gasteiger partial charge in [0, 0.05) is 17.9 Å². The van der Waals surface area contributed by atoms with Crippen molar-refractivity contribution in [2.24, 2.45) is 5.92 Å². The van der Waals surface area contributed by atoms with Gasteiger partial charge in [-0.25, -0.2) is 4.79 Å². The summed E-state index contributed by atoms with van der Waals surface area (Å²) in [5.41, 5.74) is 0.680. The SMILES string of the molecule is CC(C)C(NC(=O)OC(C)(C)C)C(=O)Nc1ccc(N2CCOCC2=O)cc1. The highest BCUT2D eigenvalue weighted by atomic mass is 16.6. The molecule has 2 rings (SSSR count). The van der Waals surface area contributed by atoms with Crippen LogP contribution in [0.3, 0.4) is 0 Å². The van der Waals surface area contributed by atoms with Crippen molar-refractivity contribution in [1.29, 1.82) is 0 Å². The number of carbonyl (C=O) groups is 3. The van der Waals surface area contributed by atoms with Crippen LogP contribution in [-0.2, 0) is 19.1 Å². The average molecular weight is 391 g/mol. The first-order valence-electron chi connectivity index (χ1n) is 9.35. The molecule has 1 atom stereocenters. The predicted molar refractivity (Wildman–Crippen MR) is 106 cm³/mol. The molecule has 28 heavy (non-hydrogen) atoms.